The molecule has 0 aliphatic heterocycles. The SMILES string of the molecule is CN(C)C(=O)c1ccc(N)cc1NC1CCCCCC1O. The summed E-state index contributed by atoms with van der Waals surface area (Å²) in [6.07, 6.45) is 4.63. The minimum absolute atomic E-state index is 0.0250. The normalized spacial score (nSPS) is 22.4. The molecule has 0 aromatic heterocycles. The molecule has 2 atom stereocenters. The van der Waals surface area contributed by atoms with Crippen molar-refractivity contribution in [2.45, 2.75) is 44.2 Å². The molecule has 2 unspecified atom stereocenters. The monoisotopic (exact) mass is 291 g/mol. The molecule has 1 aromatic rings. The van der Waals surface area contributed by atoms with Gasteiger partial charge in [-0.1, -0.05) is 19.3 Å². The number of aliphatic hydroxyl groups excluding tert-OH is 1. The van der Waals surface area contributed by atoms with Crippen molar-refractivity contribution in [1.82, 2.24) is 4.90 Å². The van der Waals surface area contributed by atoms with Crippen molar-refractivity contribution in [3.63, 3.8) is 0 Å². The summed E-state index contributed by atoms with van der Waals surface area (Å²) in [4.78, 5) is 13.8. The fraction of sp³-hybridized carbons (Fsp3) is 0.562. The van der Waals surface area contributed by atoms with Crippen LogP contribution >= 0.6 is 0 Å². The molecule has 21 heavy (non-hydrogen) atoms. The van der Waals surface area contributed by atoms with E-state index in [1.54, 1.807) is 37.2 Å². The lowest BCUT2D eigenvalue weighted by atomic mass is 10.0. The molecule has 0 bridgehead atoms. The summed E-state index contributed by atoms with van der Waals surface area (Å²) in [6, 6.07) is 5.21. The first kappa shape index (κ1) is 15.6. The largest absolute Gasteiger partial charge is 0.399 e. The Labute approximate surface area is 126 Å². The average molecular weight is 291 g/mol. The van der Waals surface area contributed by atoms with Crippen molar-refractivity contribution >= 4 is 17.3 Å². The van der Waals surface area contributed by atoms with Crippen LogP contribution in [0.1, 0.15) is 42.5 Å². The number of nitrogen functional groups attached to an aromatic ring is 1. The summed E-state index contributed by atoms with van der Waals surface area (Å²) in [5.41, 5.74) is 7.75. The van der Waals surface area contributed by atoms with Crippen LogP contribution in [0.2, 0.25) is 0 Å². The average Bonchev–Trinajstić information content (AvgIpc) is 2.64. The van der Waals surface area contributed by atoms with Crippen LogP contribution in [-0.2, 0) is 0 Å². The number of aliphatic hydroxyl groups is 1. The number of hydrogen-bond acceptors (Lipinski definition) is 4. The smallest absolute Gasteiger partial charge is 0.255 e. The van der Waals surface area contributed by atoms with Gasteiger partial charge in [0.15, 0.2) is 0 Å². The Morgan fingerprint density at radius 2 is 2.00 bits per heavy atom. The predicted octanol–water partition coefficient (Wildman–Crippen LogP) is 2.08. The van der Waals surface area contributed by atoms with Crippen LogP contribution in [0.3, 0.4) is 0 Å². The molecule has 116 valence electrons. The van der Waals surface area contributed by atoms with Crippen molar-refractivity contribution in [3.05, 3.63) is 23.8 Å². The third kappa shape index (κ3) is 3.88. The lowest BCUT2D eigenvalue weighted by molar-refractivity contribution is 0.0828. The molecule has 5 nitrogen and oxygen atoms in total. The van der Waals surface area contributed by atoms with Gasteiger partial charge in [0.05, 0.1) is 17.7 Å². The van der Waals surface area contributed by atoms with Crippen molar-refractivity contribution in [3.8, 4) is 0 Å². The van der Waals surface area contributed by atoms with Crippen molar-refractivity contribution in [1.29, 1.82) is 0 Å². The Bertz CT molecular complexity index is 502. The topological polar surface area (TPSA) is 78.6 Å². The van der Waals surface area contributed by atoms with Gasteiger partial charge in [-0.05, 0) is 31.0 Å². The van der Waals surface area contributed by atoms with Gasteiger partial charge in [-0.25, -0.2) is 0 Å². The highest BCUT2D eigenvalue weighted by molar-refractivity contribution is 6.00. The number of carbonyl (C=O) groups is 1. The zero-order valence-corrected chi connectivity index (χ0v) is 12.8. The minimum atomic E-state index is -0.378. The van der Waals surface area contributed by atoms with E-state index in [1.165, 1.54) is 0 Å². The molecular formula is C16H25N3O2. The van der Waals surface area contributed by atoms with Gasteiger partial charge in [0.2, 0.25) is 0 Å². The van der Waals surface area contributed by atoms with Gasteiger partial charge < -0.3 is 21.1 Å². The molecular weight excluding hydrogens is 266 g/mol. The van der Waals surface area contributed by atoms with Gasteiger partial charge in [-0.3, -0.25) is 4.79 Å². The number of hydrogen-bond donors (Lipinski definition) is 3. The third-order valence-corrected chi connectivity index (χ3v) is 4.00. The van der Waals surface area contributed by atoms with E-state index in [0.717, 1.165) is 32.1 Å². The van der Waals surface area contributed by atoms with E-state index in [4.69, 9.17) is 5.73 Å². The van der Waals surface area contributed by atoms with Crippen LogP contribution in [0, 0.1) is 0 Å². The highest BCUT2D eigenvalue weighted by atomic mass is 16.3. The Morgan fingerprint density at radius 3 is 2.71 bits per heavy atom. The highest BCUT2D eigenvalue weighted by Crippen LogP contribution is 2.26. The highest BCUT2D eigenvalue weighted by Gasteiger charge is 2.23. The second-order valence-corrected chi connectivity index (χ2v) is 5.96. The Balaban J connectivity index is 2.25. The zero-order chi connectivity index (χ0) is 15.4. The van der Waals surface area contributed by atoms with Crippen LogP contribution in [0.5, 0.6) is 0 Å². The van der Waals surface area contributed by atoms with E-state index < -0.39 is 0 Å². The van der Waals surface area contributed by atoms with Gasteiger partial charge in [-0.15, -0.1) is 0 Å². The van der Waals surface area contributed by atoms with E-state index in [9.17, 15) is 9.90 Å². The number of anilines is 2. The van der Waals surface area contributed by atoms with Crippen molar-refractivity contribution in [2.75, 3.05) is 25.1 Å². The molecule has 2 rings (SSSR count). The summed E-state index contributed by atoms with van der Waals surface area (Å²) >= 11 is 0. The maximum absolute atomic E-state index is 12.3. The third-order valence-electron chi connectivity index (χ3n) is 4.00. The van der Waals surface area contributed by atoms with Crippen molar-refractivity contribution < 1.29 is 9.90 Å². The van der Waals surface area contributed by atoms with E-state index >= 15 is 0 Å². The number of nitrogens with zero attached hydrogens (tertiary/aromatic N) is 1. The molecule has 1 fully saturated rings. The summed E-state index contributed by atoms with van der Waals surface area (Å²) in [6.45, 7) is 0. The zero-order valence-electron chi connectivity index (χ0n) is 12.8. The van der Waals surface area contributed by atoms with E-state index in [0.29, 0.717) is 16.9 Å². The van der Waals surface area contributed by atoms with Gasteiger partial charge >= 0.3 is 0 Å². The summed E-state index contributed by atoms with van der Waals surface area (Å²) in [5.74, 6) is -0.0689. The van der Waals surface area contributed by atoms with Crippen LogP contribution in [0.4, 0.5) is 11.4 Å². The van der Waals surface area contributed by atoms with Crippen molar-refractivity contribution in [2.24, 2.45) is 0 Å². The molecule has 1 aliphatic carbocycles. The Morgan fingerprint density at radius 1 is 1.29 bits per heavy atom. The van der Waals surface area contributed by atoms with Gasteiger partial charge in [0.25, 0.3) is 5.91 Å². The first-order valence-electron chi connectivity index (χ1n) is 7.55. The number of rotatable bonds is 3. The Kier molecular flexibility index (Phi) is 5.07. The summed E-state index contributed by atoms with van der Waals surface area (Å²) < 4.78 is 0. The molecule has 0 heterocycles. The minimum Gasteiger partial charge on any atom is -0.399 e. The fourth-order valence-corrected chi connectivity index (χ4v) is 2.76. The number of nitrogens with one attached hydrogen (secondary N) is 1. The van der Waals surface area contributed by atoms with Gasteiger partial charge in [0, 0.05) is 25.5 Å². The second-order valence-electron chi connectivity index (χ2n) is 5.96. The molecule has 0 radical (unpaired) electrons. The number of amides is 1. The maximum Gasteiger partial charge on any atom is 0.255 e. The van der Waals surface area contributed by atoms with Crippen LogP contribution in [0.15, 0.2) is 18.2 Å². The molecule has 1 amide bonds. The molecule has 4 N–H and O–H groups in total. The Hall–Kier alpha value is -1.75. The maximum atomic E-state index is 12.3. The predicted molar refractivity (Wildman–Crippen MR) is 85.4 cm³/mol. The lowest BCUT2D eigenvalue weighted by Gasteiger charge is -2.25. The molecule has 0 saturated heterocycles. The fourth-order valence-electron chi connectivity index (χ4n) is 2.76. The first-order chi connectivity index (χ1) is 9.99. The van der Waals surface area contributed by atoms with Crippen LogP contribution < -0.4 is 11.1 Å². The summed E-state index contributed by atoms with van der Waals surface area (Å²) in [7, 11) is 3.45. The quantitative estimate of drug-likeness (QED) is 0.588. The second kappa shape index (κ2) is 6.80. The van der Waals surface area contributed by atoms with Crippen LogP contribution in [-0.4, -0.2) is 42.2 Å². The molecule has 0 spiro atoms. The summed E-state index contributed by atoms with van der Waals surface area (Å²) in [5, 5.41) is 13.6. The standard InChI is InChI=1S/C16H25N3O2/c1-19(2)16(21)12-9-8-11(17)10-14(12)18-13-6-4-3-5-7-15(13)20/h8-10,13,15,18,20H,3-7,17H2,1-2H3. The first-order valence-corrected chi connectivity index (χ1v) is 7.55. The van der Waals surface area contributed by atoms with E-state index in [2.05, 4.69) is 5.32 Å². The van der Waals surface area contributed by atoms with Gasteiger partial charge in [0.1, 0.15) is 0 Å². The molecule has 5 heteroatoms. The number of benzene rings is 1. The van der Waals surface area contributed by atoms with E-state index in [-0.39, 0.29) is 18.1 Å². The van der Waals surface area contributed by atoms with Gasteiger partial charge in [-0.2, -0.15) is 0 Å². The molecule has 1 aliphatic rings. The van der Waals surface area contributed by atoms with Crippen LogP contribution in [0.25, 0.3) is 0 Å². The lowest BCUT2D eigenvalue weighted by Crippen LogP contribution is -2.33. The number of carbonyl (C=O) groups excluding carboxylic acids is 1. The molecule has 1 saturated carbocycles. The number of nitrogens with two attached hydrogens (primary N) is 1. The molecule has 1 aromatic carbocycles. The van der Waals surface area contributed by atoms with E-state index in [1.807, 2.05) is 0 Å².